The minimum absolute atomic E-state index is 0.0155. The van der Waals surface area contributed by atoms with Crippen LogP contribution < -0.4 is 5.32 Å². The number of amides is 1. The lowest BCUT2D eigenvalue weighted by Crippen LogP contribution is -2.14. The fourth-order valence-corrected chi connectivity index (χ4v) is 2.61. The van der Waals surface area contributed by atoms with Crippen LogP contribution in [0.25, 0.3) is 6.08 Å². The fourth-order valence-electron chi connectivity index (χ4n) is 2.61. The van der Waals surface area contributed by atoms with Gasteiger partial charge in [-0.25, -0.2) is 4.79 Å². The smallest absolute Gasteiger partial charge is 0.338 e. The molecule has 2 aromatic rings. The van der Waals surface area contributed by atoms with E-state index in [-0.39, 0.29) is 5.57 Å². The Bertz CT molecular complexity index is 922. The first-order chi connectivity index (χ1) is 13.9. The molecule has 0 radical (unpaired) electrons. The molecule has 150 valence electrons. The minimum atomic E-state index is -0.531. The van der Waals surface area contributed by atoms with E-state index in [0.717, 1.165) is 18.4 Å². The molecular weight excluding hydrogens is 364 g/mol. The fraction of sp³-hybridized carbons (Fsp3) is 0.292. The van der Waals surface area contributed by atoms with Crippen molar-refractivity contribution < 1.29 is 14.3 Å². The first-order valence-electron chi connectivity index (χ1n) is 9.75. The van der Waals surface area contributed by atoms with E-state index in [2.05, 4.69) is 19.2 Å². The second-order valence-electron chi connectivity index (χ2n) is 7.02. The van der Waals surface area contributed by atoms with Gasteiger partial charge in [-0.05, 0) is 47.7 Å². The van der Waals surface area contributed by atoms with Gasteiger partial charge in [0.1, 0.15) is 11.6 Å². The second-order valence-corrected chi connectivity index (χ2v) is 7.02. The van der Waals surface area contributed by atoms with Crippen LogP contribution in [0.2, 0.25) is 0 Å². The maximum atomic E-state index is 12.5. The number of ether oxygens (including phenoxy) is 1. The summed E-state index contributed by atoms with van der Waals surface area (Å²) >= 11 is 0. The van der Waals surface area contributed by atoms with Gasteiger partial charge in [0.25, 0.3) is 5.91 Å². The average Bonchev–Trinajstić information content (AvgIpc) is 2.72. The van der Waals surface area contributed by atoms with Crippen LogP contribution in [0.5, 0.6) is 0 Å². The Labute approximate surface area is 172 Å². The van der Waals surface area contributed by atoms with Gasteiger partial charge in [0.15, 0.2) is 0 Å². The van der Waals surface area contributed by atoms with Crippen LogP contribution >= 0.6 is 0 Å². The zero-order valence-corrected chi connectivity index (χ0v) is 17.1. The molecule has 0 fully saturated rings. The number of nitrogens with one attached hydrogen (secondary N) is 1. The van der Waals surface area contributed by atoms with Gasteiger partial charge in [-0.15, -0.1) is 0 Å². The summed E-state index contributed by atoms with van der Waals surface area (Å²) in [6.45, 7) is 6.59. The van der Waals surface area contributed by atoms with E-state index in [1.54, 1.807) is 30.3 Å². The number of carbonyl (C=O) groups excluding carboxylic acids is 2. The summed E-state index contributed by atoms with van der Waals surface area (Å²) < 4.78 is 5.19. The van der Waals surface area contributed by atoms with Crippen molar-refractivity contribution in [3.63, 3.8) is 0 Å². The van der Waals surface area contributed by atoms with E-state index in [1.807, 2.05) is 37.3 Å². The predicted octanol–water partition coefficient (Wildman–Crippen LogP) is 5.31. The average molecular weight is 390 g/mol. The van der Waals surface area contributed by atoms with Gasteiger partial charge in [0.2, 0.25) is 0 Å². The molecule has 0 spiro atoms. The number of anilines is 1. The highest BCUT2D eigenvalue weighted by atomic mass is 16.5. The van der Waals surface area contributed by atoms with Crippen molar-refractivity contribution in [1.82, 2.24) is 0 Å². The molecule has 2 rings (SSSR count). The van der Waals surface area contributed by atoms with Crippen molar-refractivity contribution in [2.24, 2.45) is 0 Å². The molecule has 0 aliphatic heterocycles. The number of nitrogens with zero attached hydrogens (tertiary/aromatic N) is 1. The molecular formula is C24H26N2O3. The van der Waals surface area contributed by atoms with Crippen LogP contribution in [-0.2, 0) is 9.53 Å². The van der Waals surface area contributed by atoms with Gasteiger partial charge in [-0.3, -0.25) is 4.79 Å². The number of hydrogen-bond donors (Lipinski definition) is 1. The number of esters is 1. The van der Waals surface area contributed by atoms with Crippen LogP contribution in [0.3, 0.4) is 0 Å². The molecule has 2 aromatic carbocycles. The Hall–Kier alpha value is -3.39. The van der Waals surface area contributed by atoms with Crippen molar-refractivity contribution in [2.45, 2.75) is 39.5 Å². The minimum Gasteiger partial charge on any atom is -0.462 e. The monoisotopic (exact) mass is 390 g/mol. The lowest BCUT2D eigenvalue weighted by molar-refractivity contribution is -0.112. The number of unbranched alkanes of at least 4 members (excludes halogenated alkanes) is 1. The van der Waals surface area contributed by atoms with Gasteiger partial charge in [0, 0.05) is 5.69 Å². The van der Waals surface area contributed by atoms with Crippen molar-refractivity contribution in [3.8, 4) is 6.07 Å². The predicted molar refractivity (Wildman–Crippen MR) is 114 cm³/mol. The zero-order valence-electron chi connectivity index (χ0n) is 17.1. The molecule has 1 N–H and O–H groups in total. The number of rotatable bonds is 8. The Morgan fingerprint density at radius 2 is 1.90 bits per heavy atom. The topological polar surface area (TPSA) is 79.2 Å². The van der Waals surface area contributed by atoms with Crippen molar-refractivity contribution in [3.05, 3.63) is 70.8 Å². The maximum absolute atomic E-state index is 12.5. The molecule has 29 heavy (non-hydrogen) atoms. The van der Waals surface area contributed by atoms with E-state index < -0.39 is 11.9 Å². The van der Waals surface area contributed by atoms with Gasteiger partial charge < -0.3 is 10.1 Å². The molecule has 0 unspecified atom stereocenters. The molecule has 1 amide bonds. The number of nitriles is 1. The number of hydrogen-bond acceptors (Lipinski definition) is 4. The van der Waals surface area contributed by atoms with E-state index in [9.17, 15) is 14.9 Å². The molecule has 0 heterocycles. The third-order valence-electron chi connectivity index (χ3n) is 4.37. The third-order valence-corrected chi connectivity index (χ3v) is 4.37. The molecule has 5 heteroatoms. The van der Waals surface area contributed by atoms with E-state index in [0.29, 0.717) is 23.8 Å². The number of benzene rings is 2. The lowest BCUT2D eigenvalue weighted by atomic mass is 10.0. The van der Waals surface area contributed by atoms with Crippen LogP contribution in [0, 0.1) is 11.3 Å². The summed E-state index contributed by atoms with van der Waals surface area (Å²) in [6, 6.07) is 16.2. The first kappa shape index (κ1) is 21.9. The van der Waals surface area contributed by atoms with Crippen LogP contribution in [0.15, 0.2) is 54.1 Å². The highest BCUT2D eigenvalue weighted by molar-refractivity contribution is 6.10. The molecule has 0 aliphatic rings. The SMILES string of the molecule is CCCCOC(=O)c1cccc(NC(=O)/C(C#N)=C/c2ccc(C(C)C)cc2)c1. The van der Waals surface area contributed by atoms with Gasteiger partial charge in [-0.2, -0.15) is 5.26 Å². The molecule has 0 aliphatic carbocycles. The van der Waals surface area contributed by atoms with Crippen molar-refractivity contribution in [2.75, 3.05) is 11.9 Å². The standard InChI is InChI=1S/C24H26N2O3/c1-4-5-13-29-24(28)20-7-6-8-22(15-20)26-23(27)21(16-25)14-18-9-11-19(12-10-18)17(2)3/h6-12,14-15,17H,4-5,13H2,1-3H3,(H,26,27)/b21-14+. The normalized spacial score (nSPS) is 11.1. The summed E-state index contributed by atoms with van der Waals surface area (Å²) in [4.78, 5) is 24.6. The Kier molecular flexibility index (Phi) is 8.17. The quantitative estimate of drug-likeness (QED) is 0.287. The molecule has 5 nitrogen and oxygen atoms in total. The van der Waals surface area contributed by atoms with Crippen molar-refractivity contribution >= 4 is 23.6 Å². The summed E-state index contributed by atoms with van der Waals surface area (Å²) in [7, 11) is 0. The van der Waals surface area contributed by atoms with Gasteiger partial charge in [-0.1, -0.05) is 57.5 Å². The van der Waals surface area contributed by atoms with Gasteiger partial charge >= 0.3 is 5.97 Å². The molecule has 0 saturated heterocycles. The second kappa shape index (κ2) is 10.8. The Morgan fingerprint density at radius 3 is 2.52 bits per heavy atom. The van der Waals surface area contributed by atoms with Crippen LogP contribution in [0.1, 0.15) is 61.0 Å². The molecule has 0 atom stereocenters. The third kappa shape index (κ3) is 6.62. The highest BCUT2D eigenvalue weighted by Gasteiger charge is 2.12. The largest absolute Gasteiger partial charge is 0.462 e. The summed E-state index contributed by atoms with van der Waals surface area (Å²) in [5, 5.41) is 12.1. The van der Waals surface area contributed by atoms with Crippen molar-refractivity contribution in [1.29, 1.82) is 5.26 Å². The Balaban J connectivity index is 2.10. The first-order valence-corrected chi connectivity index (χ1v) is 9.75. The van der Waals surface area contributed by atoms with Crippen LogP contribution in [-0.4, -0.2) is 18.5 Å². The molecule has 0 saturated carbocycles. The van der Waals surface area contributed by atoms with E-state index in [4.69, 9.17) is 4.74 Å². The number of carbonyl (C=O) groups is 2. The summed E-state index contributed by atoms with van der Waals surface area (Å²) in [5.74, 6) is -0.555. The van der Waals surface area contributed by atoms with E-state index >= 15 is 0 Å². The highest BCUT2D eigenvalue weighted by Crippen LogP contribution is 2.17. The maximum Gasteiger partial charge on any atom is 0.338 e. The van der Waals surface area contributed by atoms with Gasteiger partial charge in [0.05, 0.1) is 12.2 Å². The summed E-state index contributed by atoms with van der Waals surface area (Å²) in [6.07, 6.45) is 3.28. The molecule has 0 bridgehead atoms. The lowest BCUT2D eigenvalue weighted by Gasteiger charge is -2.08. The zero-order chi connectivity index (χ0) is 21.2. The van der Waals surface area contributed by atoms with E-state index in [1.165, 1.54) is 5.56 Å². The molecule has 0 aromatic heterocycles. The Morgan fingerprint density at radius 1 is 1.17 bits per heavy atom. The summed E-state index contributed by atoms with van der Waals surface area (Å²) in [5.41, 5.74) is 2.72. The van der Waals surface area contributed by atoms with Crippen LogP contribution in [0.4, 0.5) is 5.69 Å².